The Hall–Kier alpha value is -2.90. The number of carbonyl (C=O) groups excluding carboxylic acids is 2. The predicted octanol–water partition coefficient (Wildman–Crippen LogP) is 4.83. The van der Waals surface area contributed by atoms with Crippen molar-refractivity contribution in [2.75, 3.05) is 13.7 Å². The smallest absolute Gasteiger partial charge is 0.307 e. The zero-order valence-corrected chi connectivity index (χ0v) is 18.8. The van der Waals surface area contributed by atoms with Gasteiger partial charge in [-0.25, -0.2) is 4.98 Å². The van der Waals surface area contributed by atoms with Gasteiger partial charge in [0, 0.05) is 10.4 Å². The molecule has 0 aliphatic rings. The maximum absolute atomic E-state index is 12.7. The molecular formula is C23H23ClN2O4S. The quantitative estimate of drug-likeness (QED) is 0.465. The number of amides is 1. The number of nitrogens with one attached hydrogen (secondary N) is 1. The van der Waals surface area contributed by atoms with Crippen LogP contribution in [-0.4, -0.2) is 30.6 Å². The number of methoxy groups -OCH3 is 1. The maximum atomic E-state index is 12.7. The highest BCUT2D eigenvalue weighted by molar-refractivity contribution is 7.13. The Morgan fingerprint density at radius 2 is 1.90 bits per heavy atom. The van der Waals surface area contributed by atoms with Gasteiger partial charge in [0.05, 0.1) is 43.9 Å². The van der Waals surface area contributed by atoms with E-state index in [1.807, 2.05) is 36.6 Å². The fraction of sp³-hybridized carbons (Fsp3) is 0.261. The summed E-state index contributed by atoms with van der Waals surface area (Å²) in [5.41, 5.74) is 2.32. The number of ether oxygens (including phenoxy) is 2. The minimum absolute atomic E-state index is 0.0217. The fourth-order valence-electron chi connectivity index (χ4n) is 3.04. The highest BCUT2D eigenvalue weighted by atomic mass is 35.5. The van der Waals surface area contributed by atoms with Crippen LogP contribution in [0, 0.1) is 0 Å². The van der Waals surface area contributed by atoms with E-state index in [4.69, 9.17) is 21.1 Å². The number of nitrogens with zero attached hydrogens (tertiary/aromatic N) is 1. The average Bonchev–Trinajstić information content (AvgIpc) is 3.22. The Morgan fingerprint density at radius 1 is 1.16 bits per heavy atom. The summed E-state index contributed by atoms with van der Waals surface area (Å²) in [5, 5.41) is 6.13. The number of rotatable bonds is 9. The molecule has 0 fully saturated rings. The van der Waals surface area contributed by atoms with Gasteiger partial charge < -0.3 is 14.8 Å². The molecule has 1 amide bonds. The van der Waals surface area contributed by atoms with Crippen LogP contribution in [0.1, 0.15) is 30.6 Å². The molecular weight excluding hydrogens is 436 g/mol. The molecule has 1 aromatic heterocycles. The van der Waals surface area contributed by atoms with Crippen molar-refractivity contribution in [2.24, 2.45) is 0 Å². The van der Waals surface area contributed by atoms with Gasteiger partial charge in [-0.05, 0) is 36.8 Å². The molecule has 1 atom stereocenters. The lowest BCUT2D eigenvalue weighted by atomic mass is 10.0. The van der Waals surface area contributed by atoms with Gasteiger partial charge >= 0.3 is 5.97 Å². The summed E-state index contributed by atoms with van der Waals surface area (Å²) in [7, 11) is 1.32. The first kappa shape index (κ1) is 22.8. The predicted molar refractivity (Wildman–Crippen MR) is 121 cm³/mol. The lowest BCUT2D eigenvalue weighted by Gasteiger charge is -2.18. The van der Waals surface area contributed by atoms with E-state index >= 15 is 0 Å². The van der Waals surface area contributed by atoms with Crippen LogP contribution < -0.4 is 10.1 Å². The second kappa shape index (κ2) is 10.9. The second-order valence-electron chi connectivity index (χ2n) is 6.70. The van der Waals surface area contributed by atoms with Crippen molar-refractivity contribution in [3.63, 3.8) is 0 Å². The van der Waals surface area contributed by atoms with Crippen molar-refractivity contribution in [2.45, 2.75) is 25.8 Å². The van der Waals surface area contributed by atoms with Gasteiger partial charge in [0.2, 0.25) is 5.91 Å². The molecule has 8 heteroatoms. The Morgan fingerprint density at radius 3 is 2.61 bits per heavy atom. The van der Waals surface area contributed by atoms with Crippen LogP contribution >= 0.6 is 22.9 Å². The number of hydrogen-bond acceptors (Lipinski definition) is 6. The summed E-state index contributed by atoms with van der Waals surface area (Å²) in [6.45, 7) is 2.49. The molecule has 3 rings (SSSR count). The Labute approximate surface area is 190 Å². The molecule has 3 aromatic rings. The standard InChI is InChI=1S/C23H23ClN2O4S/c1-3-30-20-7-5-4-6-18(20)23-25-17(14-31-23)12-21(27)26-19(13-22(28)29-2)15-8-10-16(24)11-9-15/h4-11,14,19H,3,12-13H2,1-2H3,(H,26,27). The molecule has 0 radical (unpaired) electrons. The zero-order valence-electron chi connectivity index (χ0n) is 17.3. The molecule has 0 spiro atoms. The molecule has 1 heterocycles. The SMILES string of the molecule is CCOc1ccccc1-c1nc(CC(=O)NC(CC(=O)OC)c2ccc(Cl)cc2)cs1. The highest BCUT2D eigenvalue weighted by Crippen LogP contribution is 2.32. The summed E-state index contributed by atoms with van der Waals surface area (Å²) in [6, 6.07) is 14.2. The van der Waals surface area contributed by atoms with E-state index in [0.717, 1.165) is 21.9 Å². The van der Waals surface area contributed by atoms with E-state index in [1.54, 1.807) is 24.3 Å². The molecule has 1 unspecified atom stereocenters. The molecule has 0 aliphatic heterocycles. The van der Waals surface area contributed by atoms with Crippen molar-refractivity contribution in [1.29, 1.82) is 0 Å². The summed E-state index contributed by atoms with van der Waals surface area (Å²) in [6.07, 6.45) is 0.118. The lowest BCUT2D eigenvalue weighted by molar-refractivity contribution is -0.141. The van der Waals surface area contributed by atoms with Gasteiger partial charge in [-0.2, -0.15) is 0 Å². The Bertz CT molecular complexity index is 1040. The van der Waals surface area contributed by atoms with Crippen LogP contribution in [0.15, 0.2) is 53.9 Å². The highest BCUT2D eigenvalue weighted by Gasteiger charge is 2.20. The van der Waals surface area contributed by atoms with Gasteiger partial charge in [0.25, 0.3) is 0 Å². The summed E-state index contributed by atoms with van der Waals surface area (Å²) < 4.78 is 10.4. The molecule has 0 aliphatic carbocycles. The first-order valence-electron chi connectivity index (χ1n) is 9.78. The van der Waals surface area contributed by atoms with Crippen LogP contribution in [0.5, 0.6) is 5.75 Å². The van der Waals surface area contributed by atoms with Gasteiger partial charge in [0.15, 0.2) is 0 Å². The van der Waals surface area contributed by atoms with Crippen molar-refractivity contribution in [1.82, 2.24) is 10.3 Å². The molecule has 6 nitrogen and oxygen atoms in total. The van der Waals surface area contributed by atoms with E-state index in [1.165, 1.54) is 18.4 Å². The number of benzene rings is 2. The molecule has 0 saturated heterocycles. The molecule has 2 aromatic carbocycles. The molecule has 31 heavy (non-hydrogen) atoms. The van der Waals surface area contributed by atoms with Crippen LogP contribution in [0.25, 0.3) is 10.6 Å². The van der Waals surface area contributed by atoms with Crippen LogP contribution in [-0.2, 0) is 20.7 Å². The molecule has 162 valence electrons. The minimum Gasteiger partial charge on any atom is -0.493 e. The lowest BCUT2D eigenvalue weighted by Crippen LogP contribution is -2.31. The number of esters is 1. The normalized spacial score (nSPS) is 11.6. The Kier molecular flexibility index (Phi) is 8.03. The van der Waals surface area contributed by atoms with Crippen molar-refractivity contribution in [3.05, 3.63) is 70.2 Å². The summed E-state index contributed by atoms with van der Waals surface area (Å²) in [4.78, 5) is 29.1. The number of hydrogen-bond donors (Lipinski definition) is 1. The number of para-hydroxylation sites is 1. The van der Waals surface area contributed by atoms with E-state index in [2.05, 4.69) is 10.3 Å². The van der Waals surface area contributed by atoms with Gasteiger partial charge in [-0.1, -0.05) is 35.9 Å². The van der Waals surface area contributed by atoms with E-state index < -0.39 is 12.0 Å². The molecule has 0 bridgehead atoms. The van der Waals surface area contributed by atoms with E-state index in [9.17, 15) is 9.59 Å². The van der Waals surface area contributed by atoms with Gasteiger partial charge in [-0.3, -0.25) is 9.59 Å². The number of thiazole rings is 1. The Balaban J connectivity index is 1.71. The third-order valence-electron chi connectivity index (χ3n) is 4.52. The van der Waals surface area contributed by atoms with E-state index in [0.29, 0.717) is 17.3 Å². The number of halogens is 1. The van der Waals surface area contributed by atoms with Gasteiger partial charge in [-0.15, -0.1) is 11.3 Å². The summed E-state index contributed by atoms with van der Waals surface area (Å²) in [5.74, 6) is 0.110. The largest absolute Gasteiger partial charge is 0.493 e. The third kappa shape index (κ3) is 6.29. The van der Waals surface area contributed by atoms with Crippen LogP contribution in [0.2, 0.25) is 5.02 Å². The van der Waals surface area contributed by atoms with Crippen molar-refractivity contribution in [3.8, 4) is 16.3 Å². The second-order valence-corrected chi connectivity index (χ2v) is 8.00. The average molecular weight is 459 g/mol. The molecule has 0 saturated carbocycles. The van der Waals surface area contributed by atoms with Crippen molar-refractivity contribution < 1.29 is 19.1 Å². The maximum Gasteiger partial charge on any atom is 0.307 e. The fourth-order valence-corrected chi connectivity index (χ4v) is 4.02. The van der Waals surface area contributed by atoms with Crippen LogP contribution in [0.4, 0.5) is 0 Å². The zero-order chi connectivity index (χ0) is 22.2. The first-order valence-corrected chi connectivity index (χ1v) is 11.0. The molecule has 1 N–H and O–H groups in total. The monoisotopic (exact) mass is 458 g/mol. The van der Waals surface area contributed by atoms with Crippen molar-refractivity contribution >= 4 is 34.8 Å². The third-order valence-corrected chi connectivity index (χ3v) is 5.69. The topological polar surface area (TPSA) is 77.5 Å². The van der Waals surface area contributed by atoms with Gasteiger partial charge in [0.1, 0.15) is 10.8 Å². The minimum atomic E-state index is -0.519. The van der Waals surface area contributed by atoms with Crippen LogP contribution in [0.3, 0.4) is 0 Å². The first-order chi connectivity index (χ1) is 15.0. The number of carbonyl (C=O) groups is 2. The summed E-state index contributed by atoms with van der Waals surface area (Å²) >= 11 is 7.41. The van der Waals surface area contributed by atoms with E-state index in [-0.39, 0.29) is 18.7 Å². The number of aromatic nitrogens is 1.